The number of ether oxygens (including phenoxy) is 1. The van der Waals surface area contributed by atoms with Crippen LogP contribution in [0.15, 0.2) is 24.3 Å². The average Bonchev–Trinajstić information content (AvgIpc) is 2.49. The zero-order chi connectivity index (χ0) is 15.2. The van der Waals surface area contributed by atoms with Crippen LogP contribution in [-0.2, 0) is 4.74 Å². The Morgan fingerprint density at radius 2 is 1.90 bits per heavy atom. The predicted molar refractivity (Wildman–Crippen MR) is 80.2 cm³/mol. The largest absolute Gasteiger partial charge is 0.462 e. The number of nitrogens with zero attached hydrogens (tertiary/aromatic N) is 1. The molecule has 0 unspecified atom stereocenters. The Hall–Kier alpha value is -2.24. The Bertz CT molecular complexity index is 493. The van der Waals surface area contributed by atoms with E-state index in [2.05, 4.69) is 5.32 Å². The van der Waals surface area contributed by atoms with Gasteiger partial charge in [0, 0.05) is 24.8 Å². The molecule has 0 aliphatic carbocycles. The molecule has 1 saturated heterocycles. The summed E-state index contributed by atoms with van der Waals surface area (Å²) in [6.45, 7) is 3.51. The monoisotopic (exact) mass is 291 g/mol. The van der Waals surface area contributed by atoms with Crippen LogP contribution in [0.25, 0.3) is 0 Å². The lowest BCUT2D eigenvalue weighted by molar-refractivity contribution is 0.0526. The summed E-state index contributed by atoms with van der Waals surface area (Å²) in [5, 5.41) is 3.41. The Labute approximate surface area is 124 Å². The first-order valence-corrected chi connectivity index (χ1v) is 7.18. The normalized spacial score (nSPS) is 15.6. The van der Waals surface area contributed by atoms with Gasteiger partial charge in [0.15, 0.2) is 0 Å². The van der Waals surface area contributed by atoms with Gasteiger partial charge < -0.3 is 20.7 Å². The van der Waals surface area contributed by atoms with Crippen molar-refractivity contribution in [3.8, 4) is 0 Å². The van der Waals surface area contributed by atoms with Crippen LogP contribution in [0.1, 0.15) is 30.1 Å². The molecule has 1 aliphatic rings. The minimum Gasteiger partial charge on any atom is -0.462 e. The van der Waals surface area contributed by atoms with Crippen molar-refractivity contribution in [2.45, 2.75) is 25.8 Å². The molecule has 21 heavy (non-hydrogen) atoms. The van der Waals surface area contributed by atoms with Crippen molar-refractivity contribution in [2.24, 2.45) is 5.73 Å². The minimum atomic E-state index is -0.354. The second kappa shape index (κ2) is 6.97. The summed E-state index contributed by atoms with van der Waals surface area (Å²) in [5.41, 5.74) is 6.76. The number of nitrogens with one attached hydrogen (secondary N) is 1. The summed E-state index contributed by atoms with van der Waals surface area (Å²) in [4.78, 5) is 24.3. The lowest BCUT2D eigenvalue weighted by atomic mass is 10.0. The molecule has 0 radical (unpaired) electrons. The highest BCUT2D eigenvalue weighted by atomic mass is 16.5. The van der Waals surface area contributed by atoms with E-state index < -0.39 is 0 Å². The molecule has 1 aliphatic heterocycles. The van der Waals surface area contributed by atoms with E-state index >= 15 is 0 Å². The number of nitrogens with two attached hydrogens (primary N) is 1. The molecular formula is C15H21N3O3. The van der Waals surface area contributed by atoms with Crippen LogP contribution in [0, 0.1) is 0 Å². The van der Waals surface area contributed by atoms with Gasteiger partial charge in [-0.05, 0) is 44.0 Å². The standard InChI is InChI=1S/C15H21N3O3/c1-2-21-14(19)11-3-5-12(6-4-11)17-13-7-9-18(10-8-13)15(16)20/h3-6,13,17H,2,7-10H2,1H3,(H2,16,20). The minimum absolute atomic E-state index is 0.307. The third-order valence-electron chi connectivity index (χ3n) is 3.57. The fourth-order valence-electron chi connectivity index (χ4n) is 2.40. The first-order chi connectivity index (χ1) is 10.1. The zero-order valence-electron chi connectivity index (χ0n) is 12.2. The highest BCUT2D eigenvalue weighted by molar-refractivity contribution is 5.89. The third-order valence-corrected chi connectivity index (χ3v) is 3.57. The highest BCUT2D eigenvalue weighted by Crippen LogP contribution is 2.17. The summed E-state index contributed by atoms with van der Waals surface area (Å²) in [5.74, 6) is -0.307. The van der Waals surface area contributed by atoms with Crippen LogP contribution in [0.4, 0.5) is 10.5 Å². The van der Waals surface area contributed by atoms with Gasteiger partial charge in [-0.15, -0.1) is 0 Å². The number of likely N-dealkylation sites (tertiary alicyclic amines) is 1. The van der Waals surface area contributed by atoms with Crippen molar-refractivity contribution in [1.29, 1.82) is 0 Å². The van der Waals surface area contributed by atoms with Gasteiger partial charge in [0.2, 0.25) is 0 Å². The highest BCUT2D eigenvalue weighted by Gasteiger charge is 2.20. The van der Waals surface area contributed by atoms with E-state index in [1.807, 2.05) is 12.1 Å². The quantitative estimate of drug-likeness (QED) is 0.829. The lowest BCUT2D eigenvalue weighted by Crippen LogP contribution is -2.44. The topological polar surface area (TPSA) is 84.7 Å². The maximum absolute atomic E-state index is 11.6. The molecule has 1 heterocycles. The lowest BCUT2D eigenvalue weighted by Gasteiger charge is -2.31. The van der Waals surface area contributed by atoms with Crippen LogP contribution in [0.2, 0.25) is 0 Å². The van der Waals surface area contributed by atoms with E-state index in [1.165, 1.54) is 0 Å². The molecule has 0 atom stereocenters. The van der Waals surface area contributed by atoms with Gasteiger partial charge >= 0.3 is 12.0 Å². The predicted octanol–water partition coefficient (Wildman–Crippen LogP) is 1.82. The fourth-order valence-corrected chi connectivity index (χ4v) is 2.40. The average molecular weight is 291 g/mol. The first kappa shape index (κ1) is 15.2. The second-order valence-corrected chi connectivity index (χ2v) is 5.04. The number of amides is 2. The molecule has 0 aromatic heterocycles. The van der Waals surface area contributed by atoms with Crippen molar-refractivity contribution in [3.63, 3.8) is 0 Å². The van der Waals surface area contributed by atoms with Crippen LogP contribution >= 0.6 is 0 Å². The molecule has 114 valence electrons. The van der Waals surface area contributed by atoms with E-state index in [0.29, 0.717) is 31.3 Å². The maximum atomic E-state index is 11.6. The zero-order valence-corrected chi connectivity index (χ0v) is 12.2. The van der Waals surface area contributed by atoms with Gasteiger partial charge in [0.25, 0.3) is 0 Å². The summed E-state index contributed by atoms with van der Waals surface area (Å²) >= 11 is 0. The number of benzene rings is 1. The van der Waals surface area contributed by atoms with E-state index in [9.17, 15) is 9.59 Å². The van der Waals surface area contributed by atoms with Crippen molar-refractivity contribution in [2.75, 3.05) is 25.0 Å². The molecule has 1 aromatic rings. The smallest absolute Gasteiger partial charge is 0.338 e. The van der Waals surface area contributed by atoms with Gasteiger partial charge in [-0.2, -0.15) is 0 Å². The van der Waals surface area contributed by atoms with Crippen LogP contribution < -0.4 is 11.1 Å². The number of esters is 1. The van der Waals surface area contributed by atoms with Gasteiger partial charge in [0.05, 0.1) is 12.2 Å². The first-order valence-electron chi connectivity index (χ1n) is 7.18. The molecule has 0 spiro atoms. The van der Waals surface area contributed by atoms with Gasteiger partial charge in [-0.1, -0.05) is 0 Å². The number of piperidine rings is 1. The van der Waals surface area contributed by atoms with E-state index in [0.717, 1.165) is 18.5 Å². The van der Waals surface area contributed by atoms with Gasteiger partial charge in [0.1, 0.15) is 0 Å². The number of urea groups is 1. The molecule has 3 N–H and O–H groups in total. The summed E-state index contributed by atoms with van der Waals surface area (Å²) in [6.07, 6.45) is 1.73. The summed E-state index contributed by atoms with van der Waals surface area (Å²) in [7, 11) is 0. The number of carbonyl (C=O) groups is 2. The molecule has 6 nitrogen and oxygen atoms in total. The van der Waals surface area contributed by atoms with E-state index in [1.54, 1.807) is 24.0 Å². The molecule has 2 amide bonds. The van der Waals surface area contributed by atoms with Crippen molar-refractivity contribution in [1.82, 2.24) is 4.90 Å². The van der Waals surface area contributed by atoms with Crippen LogP contribution in [0.5, 0.6) is 0 Å². The van der Waals surface area contributed by atoms with E-state index in [-0.39, 0.29) is 12.0 Å². The van der Waals surface area contributed by atoms with Crippen molar-refractivity contribution < 1.29 is 14.3 Å². The molecular weight excluding hydrogens is 270 g/mol. The number of carbonyl (C=O) groups excluding carboxylic acids is 2. The Balaban J connectivity index is 1.87. The van der Waals surface area contributed by atoms with Crippen LogP contribution in [-0.4, -0.2) is 42.6 Å². The van der Waals surface area contributed by atoms with Gasteiger partial charge in [-0.25, -0.2) is 9.59 Å². The molecule has 1 aromatic carbocycles. The summed E-state index contributed by atoms with van der Waals surface area (Å²) < 4.78 is 4.94. The number of primary amides is 1. The van der Waals surface area contributed by atoms with E-state index in [4.69, 9.17) is 10.5 Å². The second-order valence-electron chi connectivity index (χ2n) is 5.04. The van der Waals surface area contributed by atoms with Gasteiger partial charge in [-0.3, -0.25) is 0 Å². The van der Waals surface area contributed by atoms with Crippen molar-refractivity contribution in [3.05, 3.63) is 29.8 Å². The number of rotatable bonds is 4. The fraction of sp³-hybridized carbons (Fsp3) is 0.467. The maximum Gasteiger partial charge on any atom is 0.338 e. The third kappa shape index (κ3) is 4.11. The SMILES string of the molecule is CCOC(=O)c1ccc(NC2CCN(C(N)=O)CC2)cc1. The Kier molecular flexibility index (Phi) is 5.03. The molecule has 2 rings (SSSR count). The summed E-state index contributed by atoms with van der Waals surface area (Å²) in [6, 6.07) is 7.19. The number of hydrogen-bond acceptors (Lipinski definition) is 4. The Morgan fingerprint density at radius 3 is 2.43 bits per heavy atom. The number of anilines is 1. The number of hydrogen-bond donors (Lipinski definition) is 2. The molecule has 0 bridgehead atoms. The Morgan fingerprint density at radius 1 is 1.29 bits per heavy atom. The van der Waals surface area contributed by atoms with Crippen molar-refractivity contribution >= 4 is 17.7 Å². The molecule has 6 heteroatoms. The van der Waals surface area contributed by atoms with Crippen LogP contribution in [0.3, 0.4) is 0 Å². The molecule has 0 saturated carbocycles. The molecule has 1 fully saturated rings.